The second-order valence-electron chi connectivity index (χ2n) is 14.8. The minimum Gasteiger partial charge on any atom is -0.393 e. The van der Waals surface area contributed by atoms with E-state index in [1.165, 1.54) is 16.7 Å². The van der Waals surface area contributed by atoms with Crippen LogP contribution in [0, 0.1) is 34.5 Å². The molecule has 2 aliphatic carbocycles. The number of hydrogen-bond donors (Lipinski definition) is 2. The Kier molecular flexibility index (Phi) is 14.3. The molecule has 0 saturated heterocycles. The van der Waals surface area contributed by atoms with Crippen LogP contribution in [0.4, 0.5) is 0 Å². The van der Waals surface area contributed by atoms with E-state index in [9.17, 15) is 10.2 Å². The zero-order valence-corrected chi connectivity index (χ0v) is 28.4. The fourth-order valence-electron chi connectivity index (χ4n) is 6.62. The SMILES string of the molecule is C=C(/C=C/C=C/C(C)C/C=C\C(C)C/C=C1\C(C)C[C@H](O)CC1(C)C)/C=C/C=C(\C)CCC1=C[C@H](C)[C@H](O)CC1(C)C. The second-order valence-corrected chi connectivity index (χ2v) is 14.8. The molecule has 0 aromatic carbocycles. The van der Waals surface area contributed by atoms with Crippen LogP contribution < -0.4 is 0 Å². The number of aliphatic hydroxyl groups is 2. The van der Waals surface area contributed by atoms with Crippen LogP contribution in [-0.4, -0.2) is 22.4 Å². The topological polar surface area (TPSA) is 40.5 Å². The van der Waals surface area contributed by atoms with Gasteiger partial charge in [0.25, 0.3) is 0 Å². The molecule has 3 unspecified atom stereocenters. The summed E-state index contributed by atoms with van der Waals surface area (Å²) >= 11 is 0. The Hall–Kier alpha value is -2.16. The number of aliphatic hydroxyl groups excluding tert-OH is 2. The molecule has 2 aliphatic rings. The summed E-state index contributed by atoms with van der Waals surface area (Å²) < 4.78 is 0. The Bertz CT molecular complexity index is 1090. The first kappa shape index (κ1) is 36.0. The lowest BCUT2D eigenvalue weighted by Crippen LogP contribution is -2.33. The van der Waals surface area contributed by atoms with Gasteiger partial charge in [-0.25, -0.2) is 0 Å². The molecular formula is C40H62O2. The van der Waals surface area contributed by atoms with Crippen LogP contribution in [0.1, 0.15) is 107 Å². The van der Waals surface area contributed by atoms with E-state index in [0.29, 0.717) is 17.8 Å². The molecule has 0 amide bonds. The van der Waals surface area contributed by atoms with Gasteiger partial charge in [0.2, 0.25) is 0 Å². The first-order valence-corrected chi connectivity index (χ1v) is 16.4. The van der Waals surface area contributed by atoms with Gasteiger partial charge in [-0.1, -0.05) is 146 Å². The molecule has 0 spiro atoms. The van der Waals surface area contributed by atoms with E-state index < -0.39 is 0 Å². The van der Waals surface area contributed by atoms with E-state index in [1.54, 1.807) is 0 Å². The molecule has 6 atom stereocenters. The lowest BCUT2D eigenvalue weighted by molar-refractivity contribution is 0.0765. The number of hydrogen-bond acceptors (Lipinski definition) is 2. The molecule has 234 valence electrons. The molecule has 2 heteroatoms. The maximum atomic E-state index is 10.2. The summed E-state index contributed by atoms with van der Waals surface area (Å²) in [7, 11) is 0. The average Bonchev–Trinajstić information content (AvgIpc) is 2.86. The Morgan fingerprint density at radius 1 is 0.952 bits per heavy atom. The standard InChI is InChI=1S/C40H62O2/c1-29(17-13-19-31(3)21-23-35-25-34(6)38(42)28-39(35,7)8)15-11-12-16-30(2)18-14-20-32(4)22-24-37-33(5)26-36(41)27-40(37,9)10/h11-17,19-20,24-25,30,32-34,36,38,41-42H,1,18,21-23,26-28H2,2-10H3/b15-11+,16-12+,17-13+,20-14-,31-19+,37-24+/t30?,32?,33?,34-,36-,38+/m0/s1. The van der Waals surface area contributed by atoms with Gasteiger partial charge >= 0.3 is 0 Å². The van der Waals surface area contributed by atoms with Gasteiger partial charge in [0.15, 0.2) is 0 Å². The van der Waals surface area contributed by atoms with E-state index in [4.69, 9.17) is 0 Å². The molecule has 2 rings (SSSR count). The fourth-order valence-corrected chi connectivity index (χ4v) is 6.62. The average molecular weight is 575 g/mol. The monoisotopic (exact) mass is 574 g/mol. The normalized spacial score (nSPS) is 29.2. The van der Waals surface area contributed by atoms with Gasteiger partial charge < -0.3 is 10.2 Å². The van der Waals surface area contributed by atoms with E-state index in [0.717, 1.165) is 50.5 Å². The first-order valence-electron chi connectivity index (χ1n) is 16.4. The van der Waals surface area contributed by atoms with Gasteiger partial charge in [0, 0.05) is 5.92 Å². The van der Waals surface area contributed by atoms with Crippen molar-refractivity contribution >= 4 is 0 Å². The quantitative estimate of drug-likeness (QED) is 0.170. The molecule has 2 nitrogen and oxygen atoms in total. The summed E-state index contributed by atoms with van der Waals surface area (Å²) in [4.78, 5) is 0. The molecule has 1 fully saturated rings. The van der Waals surface area contributed by atoms with E-state index in [2.05, 4.69) is 136 Å². The number of rotatable bonds is 13. The number of allylic oxidation sites excluding steroid dienone is 14. The summed E-state index contributed by atoms with van der Waals surface area (Å²) in [5.74, 6) is 1.72. The zero-order valence-electron chi connectivity index (χ0n) is 28.4. The highest BCUT2D eigenvalue weighted by Gasteiger charge is 2.35. The highest BCUT2D eigenvalue weighted by molar-refractivity contribution is 5.32. The molecule has 2 N–H and O–H groups in total. The second kappa shape index (κ2) is 16.6. The molecule has 0 aliphatic heterocycles. The largest absolute Gasteiger partial charge is 0.393 e. The molecule has 0 aromatic rings. The van der Waals surface area contributed by atoms with Crippen molar-refractivity contribution < 1.29 is 10.2 Å². The highest BCUT2D eigenvalue weighted by Crippen LogP contribution is 2.44. The summed E-state index contributed by atoms with van der Waals surface area (Å²) in [6.45, 7) is 24.3. The Balaban J connectivity index is 1.73. The fraction of sp³-hybridized carbons (Fsp3) is 0.600. The highest BCUT2D eigenvalue weighted by atomic mass is 16.3. The van der Waals surface area contributed by atoms with Crippen LogP contribution in [0.25, 0.3) is 0 Å². The van der Waals surface area contributed by atoms with E-state index in [1.807, 2.05) is 0 Å². The first-order chi connectivity index (χ1) is 19.6. The molecule has 1 saturated carbocycles. The zero-order chi connectivity index (χ0) is 31.5. The molecule has 0 aromatic heterocycles. The maximum absolute atomic E-state index is 10.2. The van der Waals surface area contributed by atoms with E-state index >= 15 is 0 Å². The Morgan fingerprint density at radius 2 is 1.62 bits per heavy atom. The lowest BCUT2D eigenvalue weighted by atomic mass is 9.67. The van der Waals surface area contributed by atoms with Gasteiger partial charge in [0.1, 0.15) is 0 Å². The Labute approximate surface area is 259 Å². The summed E-state index contributed by atoms with van der Waals surface area (Å²) in [6, 6.07) is 0. The van der Waals surface area contributed by atoms with Crippen LogP contribution in [0.3, 0.4) is 0 Å². The van der Waals surface area contributed by atoms with Crippen molar-refractivity contribution in [3.63, 3.8) is 0 Å². The van der Waals surface area contributed by atoms with Gasteiger partial charge in [-0.15, -0.1) is 0 Å². The van der Waals surface area contributed by atoms with Crippen molar-refractivity contribution in [1.29, 1.82) is 0 Å². The Morgan fingerprint density at radius 3 is 2.31 bits per heavy atom. The van der Waals surface area contributed by atoms with Crippen LogP contribution in [0.2, 0.25) is 0 Å². The molecule has 42 heavy (non-hydrogen) atoms. The van der Waals surface area contributed by atoms with Crippen LogP contribution in [-0.2, 0) is 0 Å². The maximum Gasteiger partial charge on any atom is 0.0608 e. The van der Waals surface area contributed by atoms with Gasteiger partial charge in [0.05, 0.1) is 12.2 Å². The predicted octanol–water partition coefficient (Wildman–Crippen LogP) is 10.6. The molecule has 0 heterocycles. The third-order valence-electron chi connectivity index (χ3n) is 9.37. The van der Waals surface area contributed by atoms with Crippen LogP contribution in [0.15, 0.2) is 95.7 Å². The van der Waals surface area contributed by atoms with Gasteiger partial charge in [-0.05, 0) is 86.0 Å². The van der Waals surface area contributed by atoms with Crippen molar-refractivity contribution in [3.05, 3.63) is 95.7 Å². The molecular weight excluding hydrogens is 512 g/mol. The van der Waals surface area contributed by atoms with Crippen molar-refractivity contribution in [3.8, 4) is 0 Å². The van der Waals surface area contributed by atoms with Gasteiger partial charge in [-0.2, -0.15) is 0 Å². The minimum absolute atomic E-state index is 0.0796. The van der Waals surface area contributed by atoms with Gasteiger partial charge in [-0.3, -0.25) is 0 Å². The summed E-state index contributed by atoms with van der Waals surface area (Å²) in [6.07, 6.45) is 30.7. The third-order valence-corrected chi connectivity index (χ3v) is 9.37. The summed E-state index contributed by atoms with van der Waals surface area (Å²) in [5.41, 5.74) is 5.52. The smallest absolute Gasteiger partial charge is 0.0608 e. The molecule has 0 radical (unpaired) electrons. The minimum atomic E-state index is -0.222. The third kappa shape index (κ3) is 12.2. The van der Waals surface area contributed by atoms with Crippen molar-refractivity contribution in [2.45, 2.75) is 119 Å². The van der Waals surface area contributed by atoms with Crippen LogP contribution in [0.5, 0.6) is 0 Å². The van der Waals surface area contributed by atoms with Crippen molar-refractivity contribution in [2.24, 2.45) is 34.5 Å². The van der Waals surface area contributed by atoms with Crippen molar-refractivity contribution in [2.75, 3.05) is 0 Å². The van der Waals surface area contributed by atoms with Crippen molar-refractivity contribution in [1.82, 2.24) is 0 Å². The van der Waals surface area contributed by atoms with E-state index in [-0.39, 0.29) is 29.0 Å². The summed E-state index contributed by atoms with van der Waals surface area (Å²) in [5, 5.41) is 20.4. The molecule has 0 bridgehead atoms. The van der Waals surface area contributed by atoms with Crippen LogP contribution >= 0.6 is 0 Å². The predicted molar refractivity (Wildman–Crippen MR) is 184 cm³/mol. The lowest BCUT2D eigenvalue weighted by Gasteiger charge is -2.40.